The molecule has 3 heterocycles. The average molecular weight is 285 g/mol. The molecule has 106 valence electrons. The molecule has 1 unspecified atom stereocenters. The van der Waals surface area contributed by atoms with Crippen molar-refractivity contribution < 1.29 is 13.9 Å². The van der Waals surface area contributed by atoms with E-state index in [1.807, 2.05) is 24.3 Å². The smallest absolute Gasteiger partial charge is 0.284 e. The zero-order chi connectivity index (χ0) is 14.2. The Kier molecular flexibility index (Phi) is 2.59. The Bertz CT molecular complexity index is 781. The molecule has 1 aliphatic rings. The van der Waals surface area contributed by atoms with Gasteiger partial charge in [0.25, 0.3) is 5.89 Å². The Balaban J connectivity index is 1.61. The third kappa shape index (κ3) is 2.00. The maximum absolute atomic E-state index is 5.72. The molecule has 2 N–H and O–H groups in total. The normalized spacial score (nSPS) is 17.2. The lowest BCUT2D eigenvalue weighted by Gasteiger charge is -2.22. The third-order valence-electron chi connectivity index (χ3n) is 3.40. The summed E-state index contributed by atoms with van der Waals surface area (Å²) >= 11 is 0. The Hall–Kier alpha value is -2.90. The Labute approximate surface area is 118 Å². The van der Waals surface area contributed by atoms with E-state index in [0.29, 0.717) is 12.4 Å². The first-order chi connectivity index (χ1) is 10.3. The average Bonchev–Trinajstić information content (AvgIpc) is 3.15. The van der Waals surface area contributed by atoms with Crippen molar-refractivity contribution >= 4 is 5.82 Å². The molecule has 8 nitrogen and oxygen atoms in total. The van der Waals surface area contributed by atoms with Gasteiger partial charge in [-0.1, -0.05) is 23.4 Å². The SMILES string of the molecule is Nc1nonc1-c1nc(C2COc3ccccc3C2)no1. The van der Waals surface area contributed by atoms with E-state index in [0.717, 1.165) is 17.7 Å². The van der Waals surface area contributed by atoms with E-state index >= 15 is 0 Å². The monoisotopic (exact) mass is 285 g/mol. The second-order valence-electron chi connectivity index (χ2n) is 4.78. The second-order valence-corrected chi connectivity index (χ2v) is 4.78. The molecule has 0 amide bonds. The van der Waals surface area contributed by atoms with Crippen LogP contribution in [0, 0.1) is 0 Å². The van der Waals surface area contributed by atoms with Gasteiger partial charge < -0.3 is 15.0 Å². The molecule has 4 rings (SSSR count). The van der Waals surface area contributed by atoms with Crippen LogP contribution in [0.5, 0.6) is 5.75 Å². The first-order valence-electron chi connectivity index (χ1n) is 6.44. The number of fused-ring (bicyclic) bond motifs is 1. The zero-order valence-corrected chi connectivity index (χ0v) is 10.9. The van der Waals surface area contributed by atoms with Gasteiger partial charge in [-0.25, -0.2) is 4.63 Å². The first-order valence-corrected chi connectivity index (χ1v) is 6.44. The quantitative estimate of drug-likeness (QED) is 0.752. The summed E-state index contributed by atoms with van der Waals surface area (Å²) in [5.74, 6) is 1.81. The highest BCUT2D eigenvalue weighted by atomic mass is 16.6. The molecule has 0 bridgehead atoms. The van der Waals surface area contributed by atoms with E-state index in [-0.39, 0.29) is 23.3 Å². The van der Waals surface area contributed by atoms with Gasteiger partial charge >= 0.3 is 0 Å². The van der Waals surface area contributed by atoms with Crippen molar-refractivity contribution in [2.45, 2.75) is 12.3 Å². The van der Waals surface area contributed by atoms with Crippen molar-refractivity contribution in [1.82, 2.24) is 20.5 Å². The molecule has 21 heavy (non-hydrogen) atoms. The summed E-state index contributed by atoms with van der Waals surface area (Å²) in [5.41, 5.74) is 6.99. The van der Waals surface area contributed by atoms with Crippen LogP contribution in [0.1, 0.15) is 17.3 Å². The highest BCUT2D eigenvalue weighted by Crippen LogP contribution is 2.32. The minimum Gasteiger partial charge on any atom is -0.493 e. The number of para-hydroxylation sites is 1. The van der Waals surface area contributed by atoms with Crippen LogP contribution in [0.4, 0.5) is 5.82 Å². The summed E-state index contributed by atoms with van der Waals surface area (Å²) in [5, 5.41) is 11.1. The van der Waals surface area contributed by atoms with E-state index in [1.165, 1.54) is 0 Å². The summed E-state index contributed by atoms with van der Waals surface area (Å²) in [4.78, 5) is 4.31. The highest BCUT2D eigenvalue weighted by Gasteiger charge is 2.27. The summed E-state index contributed by atoms with van der Waals surface area (Å²) in [6.45, 7) is 0.503. The van der Waals surface area contributed by atoms with E-state index in [4.69, 9.17) is 15.0 Å². The third-order valence-corrected chi connectivity index (χ3v) is 3.40. The van der Waals surface area contributed by atoms with Crippen molar-refractivity contribution in [3.05, 3.63) is 35.7 Å². The molecule has 8 heteroatoms. The van der Waals surface area contributed by atoms with Crippen molar-refractivity contribution in [2.24, 2.45) is 0 Å². The van der Waals surface area contributed by atoms with Gasteiger partial charge in [0.15, 0.2) is 5.82 Å². The van der Waals surface area contributed by atoms with Crippen LogP contribution in [0.2, 0.25) is 0 Å². The molecular weight excluding hydrogens is 274 g/mol. The highest BCUT2D eigenvalue weighted by molar-refractivity contribution is 5.60. The number of aromatic nitrogens is 4. The summed E-state index contributed by atoms with van der Waals surface area (Å²) in [6.07, 6.45) is 0.793. The van der Waals surface area contributed by atoms with Crippen LogP contribution in [0.3, 0.4) is 0 Å². The fourth-order valence-corrected chi connectivity index (χ4v) is 2.33. The van der Waals surface area contributed by atoms with Crippen LogP contribution in [0.25, 0.3) is 11.6 Å². The largest absolute Gasteiger partial charge is 0.493 e. The van der Waals surface area contributed by atoms with Crippen LogP contribution >= 0.6 is 0 Å². The van der Waals surface area contributed by atoms with Crippen molar-refractivity contribution in [3.63, 3.8) is 0 Å². The number of nitrogens with two attached hydrogens (primary N) is 1. The maximum Gasteiger partial charge on any atom is 0.284 e. The van der Waals surface area contributed by atoms with E-state index in [1.54, 1.807) is 0 Å². The number of benzene rings is 1. The number of nitrogens with zero attached hydrogens (tertiary/aromatic N) is 4. The maximum atomic E-state index is 5.72. The number of hydrogen-bond acceptors (Lipinski definition) is 8. The van der Waals surface area contributed by atoms with Crippen LogP contribution in [-0.4, -0.2) is 27.1 Å². The molecule has 1 atom stereocenters. The molecule has 0 radical (unpaired) electrons. The van der Waals surface area contributed by atoms with Gasteiger partial charge in [-0.3, -0.25) is 0 Å². The fourth-order valence-electron chi connectivity index (χ4n) is 2.33. The number of anilines is 1. The Morgan fingerprint density at radius 1 is 1.14 bits per heavy atom. The van der Waals surface area contributed by atoms with Gasteiger partial charge in [0, 0.05) is 0 Å². The van der Waals surface area contributed by atoms with Gasteiger partial charge in [-0.2, -0.15) is 4.98 Å². The predicted molar refractivity (Wildman–Crippen MR) is 70.4 cm³/mol. The summed E-state index contributed by atoms with van der Waals surface area (Å²) in [6, 6.07) is 7.91. The van der Waals surface area contributed by atoms with Crippen LogP contribution in [0.15, 0.2) is 33.4 Å². The van der Waals surface area contributed by atoms with Crippen molar-refractivity contribution in [1.29, 1.82) is 0 Å². The van der Waals surface area contributed by atoms with Gasteiger partial charge in [0.1, 0.15) is 5.75 Å². The summed E-state index contributed by atoms with van der Waals surface area (Å²) in [7, 11) is 0. The molecule has 0 aliphatic carbocycles. The number of hydrogen-bond donors (Lipinski definition) is 1. The molecule has 1 aliphatic heterocycles. The van der Waals surface area contributed by atoms with Gasteiger partial charge in [-0.15, -0.1) is 0 Å². The lowest BCUT2D eigenvalue weighted by atomic mass is 9.96. The van der Waals surface area contributed by atoms with Crippen molar-refractivity contribution in [2.75, 3.05) is 12.3 Å². The minimum atomic E-state index is 0.0264. The van der Waals surface area contributed by atoms with E-state index < -0.39 is 0 Å². The first kappa shape index (κ1) is 11.9. The molecule has 3 aromatic rings. The standard InChI is InChI=1S/C13H11N5O3/c14-11-10(16-21-17-11)13-15-12(18-20-13)8-5-7-3-1-2-4-9(7)19-6-8/h1-4,8H,5-6H2,(H2,14,17). The summed E-state index contributed by atoms with van der Waals surface area (Å²) < 4.78 is 15.4. The van der Waals surface area contributed by atoms with Crippen molar-refractivity contribution in [3.8, 4) is 17.3 Å². The van der Waals surface area contributed by atoms with Gasteiger partial charge in [-0.05, 0) is 28.4 Å². The molecule has 1 aromatic carbocycles. The lowest BCUT2D eigenvalue weighted by molar-refractivity contribution is 0.254. The number of nitrogen functional groups attached to an aromatic ring is 1. The van der Waals surface area contributed by atoms with E-state index in [2.05, 4.69) is 25.1 Å². The molecular formula is C13H11N5O3. The molecule has 0 spiro atoms. The van der Waals surface area contributed by atoms with Gasteiger partial charge in [0.2, 0.25) is 11.5 Å². The second kappa shape index (κ2) is 4.58. The Morgan fingerprint density at radius 3 is 2.90 bits per heavy atom. The van der Waals surface area contributed by atoms with Crippen LogP contribution in [-0.2, 0) is 6.42 Å². The molecule has 2 aromatic heterocycles. The van der Waals surface area contributed by atoms with Crippen LogP contribution < -0.4 is 10.5 Å². The fraction of sp³-hybridized carbons (Fsp3) is 0.231. The number of ether oxygens (including phenoxy) is 1. The molecule has 0 saturated carbocycles. The Morgan fingerprint density at radius 2 is 2.05 bits per heavy atom. The minimum absolute atomic E-state index is 0.0264. The zero-order valence-electron chi connectivity index (χ0n) is 10.9. The number of rotatable bonds is 2. The lowest BCUT2D eigenvalue weighted by Crippen LogP contribution is -2.20. The molecule has 0 fully saturated rings. The topological polar surface area (TPSA) is 113 Å². The van der Waals surface area contributed by atoms with Gasteiger partial charge in [0.05, 0.1) is 12.5 Å². The molecule has 0 saturated heterocycles. The van der Waals surface area contributed by atoms with E-state index in [9.17, 15) is 0 Å². The predicted octanol–water partition coefficient (Wildman–Crippen LogP) is 1.42.